The number of aliphatic hydroxyl groups is 1. The van der Waals surface area contributed by atoms with Gasteiger partial charge in [-0.05, 0) is 51.3 Å². The van der Waals surface area contributed by atoms with E-state index in [0.717, 1.165) is 27.9 Å². The van der Waals surface area contributed by atoms with Gasteiger partial charge in [0, 0.05) is 12.2 Å². The molecular weight excluding hydrogens is 396 g/mol. The molecule has 1 amide bonds. The van der Waals surface area contributed by atoms with Gasteiger partial charge in [-0.2, -0.15) is 0 Å². The van der Waals surface area contributed by atoms with Crippen LogP contribution in [0, 0.1) is 0 Å². The summed E-state index contributed by atoms with van der Waals surface area (Å²) >= 11 is 0. The van der Waals surface area contributed by atoms with Crippen LogP contribution in [0.3, 0.4) is 0 Å². The lowest BCUT2D eigenvalue weighted by atomic mass is 9.92. The molecule has 0 fully saturated rings. The van der Waals surface area contributed by atoms with Crippen LogP contribution in [0.4, 0.5) is 5.69 Å². The monoisotopic (exact) mass is 430 g/mol. The van der Waals surface area contributed by atoms with E-state index in [0.29, 0.717) is 18.4 Å². The molecule has 0 aliphatic heterocycles. The van der Waals surface area contributed by atoms with Gasteiger partial charge in [-0.1, -0.05) is 88.4 Å². The summed E-state index contributed by atoms with van der Waals surface area (Å²) in [5.41, 5.74) is 7.44. The summed E-state index contributed by atoms with van der Waals surface area (Å²) < 4.78 is 0. The molecule has 0 unspecified atom stereocenters. The van der Waals surface area contributed by atoms with Crippen LogP contribution in [0.5, 0.6) is 0 Å². The van der Waals surface area contributed by atoms with Crippen LogP contribution < -0.4 is 10.6 Å². The fourth-order valence-electron chi connectivity index (χ4n) is 3.98. The van der Waals surface area contributed by atoms with Crippen molar-refractivity contribution in [1.29, 1.82) is 0 Å². The number of benzene rings is 3. The van der Waals surface area contributed by atoms with Gasteiger partial charge in [0.1, 0.15) is 0 Å². The van der Waals surface area contributed by atoms with E-state index in [9.17, 15) is 9.90 Å². The molecule has 3 N–H and O–H groups in total. The van der Waals surface area contributed by atoms with E-state index in [2.05, 4.69) is 68.7 Å². The number of hydrogen-bond donors (Lipinski definition) is 3. The Hall–Kier alpha value is -2.95. The van der Waals surface area contributed by atoms with Crippen molar-refractivity contribution < 1.29 is 9.90 Å². The van der Waals surface area contributed by atoms with Crippen molar-refractivity contribution in [2.24, 2.45) is 0 Å². The van der Waals surface area contributed by atoms with Gasteiger partial charge < -0.3 is 15.7 Å². The Balaban J connectivity index is 1.69. The molecule has 0 heterocycles. The second kappa shape index (κ2) is 11.1. The van der Waals surface area contributed by atoms with E-state index in [1.807, 2.05) is 36.4 Å². The lowest BCUT2D eigenvalue weighted by molar-refractivity contribution is -0.115. The Morgan fingerprint density at radius 2 is 1.53 bits per heavy atom. The number of hydrogen-bond acceptors (Lipinski definition) is 3. The van der Waals surface area contributed by atoms with E-state index >= 15 is 0 Å². The number of para-hydroxylation sites is 1. The van der Waals surface area contributed by atoms with E-state index in [1.54, 1.807) is 0 Å². The van der Waals surface area contributed by atoms with Crippen molar-refractivity contribution in [2.75, 3.05) is 11.9 Å². The van der Waals surface area contributed by atoms with Crippen LogP contribution >= 0.6 is 0 Å². The third kappa shape index (κ3) is 5.84. The first-order chi connectivity index (χ1) is 15.4. The van der Waals surface area contributed by atoms with Gasteiger partial charge in [-0.25, -0.2) is 0 Å². The molecule has 0 spiro atoms. The molecule has 0 atom stereocenters. The first-order valence-electron chi connectivity index (χ1n) is 11.3. The topological polar surface area (TPSA) is 61.4 Å². The van der Waals surface area contributed by atoms with Crippen molar-refractivity contribution in [3.8, 4) is 11.1 Å². The molecule has 3 aromatic rings. The minimum atomic E-state index is -0.0419. The Morgan fingerprint density at radius 1 is 0.875 bits per heavy atom. The quantitative estimate of drug-likeness (QED) is 0.401. The van der Waals surface area contributed by atoms with Gasteiger partial charge in [-0.15, -0.1) is 0 Å². The van der Waals surface area contributed by atoms with Gasteiger partial charge in [0.2, 0.25) is 5.91 Å². The average Bonchev–Trinajstić information content (AvgIpc) is 2.79. The smallest absolute Gasteiger partial charge is 0.238 e. The highest BCUT2D eigenvalue weighted by Gasteiger charge is 2.16. The summed E-state index contributed by atoms with van der Waals surface area (Å²) in [6.07, 6.45) is 0. The van der Waals surface area contributed by atoms with E-state index in [4.69, 9.17) is 0 Å². The Kier molecular flexibility index (Phi) is 8.20. The highest BCUT2D eigenvalue weighted by atomic mass is 16.3. The van der Waals surface area contributed by atoms with Gasteiger partial charge in [0.25, 0.3) is 0 Å². The highest BCUT2D eigenvalue weighted by molar-refractivity contribution is 5.94. The molecule has 0 bridgehead atoms. The molecule has 32 heavy (non-hydrogen) atoms. The van der Waals surface area contributed by atoms with E-state index < -0.39 is 0 Å². The van der Waals surface area contributed by atoms with Crippen LogP contribution in [0.15, 0.2) is 66.7 Å². The van der Waals surface area contributed by atoms with E-state index in [-0.39, 0.29) is 19.1 Å². The van der Waals surface area contributed by atoms with Gasteiger partial charge in [-0.3, -0.25) is 4.79 Å². The number of amides is 1. The Bertz CT molecular complexity index is 1030. The highest BCUT2D eigenvalue weighted by Crippen LogP contribution is 2.32. The molecule has 0 saturated heterocycles. The summed E-state index contributed by atoms with van der Waals surface area (Å²) in [4.78, 5) is 12.8. The summed E-state index contributed by atoms with van der Waals surface area (Å²) in [7, 11) is 0. The van der Waals surface area contributed by atoms with Crippen LogP contribution in [-0.4, -0.2) is 17.6 Å². The average molecular weight is 431 g/mol. The van der Waals surface area contributed by atoms with Gasteiger partial charge in [0.05, 0.1) is 13.2 Å². The number of aliphatic hydroxyl groups excluding tert-OH is 1. The zero-order chi connectivity index (χ0) is 23.1. The summed E-state index contributed by atoms with van der Waals surface area (Å²) in [5, 5.41) is 15.9. The number of anilines is 1. The van der Waals surface area contributed by atoms with Crippen molar-refractivity contribution in [2.45, 2.75) is 52.7 Å². The lowest BCUT2D eigenvalue weighted by Gasteiger charge is -2.20. The second-order valence-electron chi connectivity index (χ2n) is 8.79. The molecule has 0 saturated carbocycles. The van der Waals surface area contributed by atoms with Crippen molar-refractivity contribution in [3.63, 3.8) is 0 Å². The van der Waals surface area contributed by atoms with Crippen molar-refractivity contribution >= 4 is 11.6 Å². The molecule has 3 aromatic carbocycles. The summed E-state index contributed by atoms with van der Waals surface area (Å²) in [6.45, 7) is 9.42. The molecule has 3 rings (SSSR count). The zero-order valence-corrected chi connectivity index (χ0v) is 19.5. The number of rotatable bonds is 9. The third-order valence-electron chi connectivity index (χ3n) is 5.68. The SMILES string of the molecule is CC(C)c1cccc(C(C)C)c1NC(=O)CNCc1ccccc1-c1cccc(CO)c1. The molecule has 4 nitrogen and oxygen atoms in total. The number of nitrogens with one attached hydrogen (secondary N) is 2. The molecule has 168 valence electrons. The maximum Gasteiger partial charge on any atom is 0.238 e. The van der Waals surface area contributed by atoms with Crippen LogP contribution in [0.1, 0.15) is 61.8 Å². The predicted octanol–water partition coefficient (Wildman–Crippen LogP) is 5.82. The Morgan fingerprint density at radius 3 is 2.19 bits per heavy atom. The number of carbonyl (C=O) groups is 1. The van der Waals surface area contributed by atoms with Gasteiger partial charge >= 0.3 is 0 Å². The number of carbonyl (C=O) groups excluding carboxylic acids is 1. The fraction of sp³-hybridized carbons (Fsp3) is 0.321. The lowest BCUT2D eigenvalue weighted by Crippen LogP contribution is -2.28. The van der Waals surface area contributed by atoms with Crippen molar-refractivity contribution in [3.05, 3.63) is 89.0 Å². The molecule has 0 radical (unpaired) electrons. The van der Waals surface area contributed by atoms with Gasteiger partial charge in [0.15, 0.2) is 0 Å². The standard InChI is InChI=1S/C28H34N2O2/c1-19(2)24-13-8-14-25(20(3)4)28(24)30-27(32)17-29-16-23-10-5-6-12-26(23)22-11-7-9-21(15-22)18-31/h5-15,19-20,29,31H,16-18H2,1-4H3,(H,30,32). The zero-order valence-electron chi connectivity index (χ0n) is 19.5. The fourth-order valence-corrected chi connectivity index (χ4v) is 3.98. The third-order valence-corrected chi connectivity index (χ3v) is 5.68. The largest absolute Gasteiger partial charge is 0.392 e. The summed E-state index contributed by atoms with van der Waals surface area (Å²) in [6, 6.07) is 22.3. The molecule has 4 heteroatoms. The first-order valence-corrected chi connectivity index (χ1v) is 11.3. The maximum atomic E-state index is 12.8. The minimum Gasteiger partial charge on any atom is -0.392 e. The molecule has 0 aliphatic rings. The molecule has 0 aliphatic carbocycles. The molecule has 0 aromatic heterocycles. The first kappa shape index (κ1) is 23.7. The Labute approximate surface area is 191 Å². The second-order valence-corrected chi connectivity index (χ2v) is 8.79. The summed E-state index contributed by atoms with van der Waals surface area (Å²) in [5.74, 6) is 0.622. The molecular formula is C28H34N2O2. The maximum absolute atomic E-state index is 12.8. The van der Waals surface area contributed by atoms with Crippen LogP contribution in [-0.2, 0) is 17.9 Å². The predicted molar refractivity (Wildman–Crippen MR) is 133 cm³/mol. The van der Waals surface area contributed by atoms with Crippen molar-refractivity contribution in [1.82, 2.24) is 5.32 Å². The van der Waals surface area contributed by atoms with E-state index in [1.165, 1.54) is 11.1 Å². The van der Waals surface area contributed by atoms with Crippen LogP contribution in [0.2, 0.25) is 0 Å². The minimum absolute atomic E-state index is 0.0185. The van der Waals surface area contributed by atoms with Crippen LogP contribution in [0.25, 0.3) is 11.1 Å². The normalized spacial score (nSPS) is 11.2.